The number of fused-ring (bicyclic) bond motifs is 1. The van der Waals surface area contributed by atoms with Crippen molar-refractivity contribution in [1.82, 2.24) is 4.98 Å². The van der Waals surface area contributed by atoms with Crippen LogP contribution >= 0.6 is 0 Å². The van der Waals surface area contributed by atoms with Crippen LogP contribution < -0.4 is 10.2 Å². The molecule has 3 aromatic rings. The first-order chi connectivity index (χ1) is 10.9. The molecule has 2 aromatic carbocycles. The van der Waals surface area contributed by atoms with Crippen LogP contribution in [0.2, 0.25) is 0 Å². The zero-order valence-electron chi connectivity index (χ0n) is 12.5. The van der Waals surface area contributed by atoms with Gasteiger partial charge in [0.2, 0.25) is 0 Å². The first kappa shape index (κ1) is 13.1. The minimum atomic E-state index is 1.10. The fourth-order valence-corrected chi connectivity index (χ4v) is 3.10. The number of rotatable bonds is 3. The Morgan fingerprint density at radius 2 is 1.68 bits per heavy atom. The third kappa shape index (κ3) is 2.50. The summed E-state index contributed by atoms with van der Waals surface area (Å²) in [5.41, 5.74) is 2.21. The third-order valence-corrected chi connectivity index (χ3v) is 4.21. The summed E-state index contributed by atoms with van der Waals surface area (Å²) in [5.74, 6) is 1.12. The molecule has 3 nitrogen and oxygen atoms in total. The lowest BCUT2D eigenvalue weighted by atomic mass is 10.1. The Morgan fingerprint density at radius 1 is 0.864 bits per heavy atom. The van der Waals surface area contributed by atoms with E-state index in [1.807, 2.05) is 24.4 Å². The molecule has 1 aliphatic heterocycles. The van der Waals surface area contributed by atoms with Gasteiger partial charge in [-0.25, -0.2) is 4.98 Å². The maximum Gasteiger partial charge on any atom is 0.136 e. The van der Waals surface area contributed by atoms with Crippen LogP contribution in [0.3, 0.4) is 0 Å². The van der Waals surface area contributed by atoms with Crippen molar-refractivity contribution in [2.75, 3.05) is 23.3 Å². The lowest BCUT2D eigenvalue weighted by molar-refractivity contribution is 0.946. The van der Waals surface area contributed by atoms with Gasteiger partial charge in [0.1, 0.15) is 5.82 Å². The summed E-state index contributed by atoms with van der Waals surface area (Å²) in [6, 6.07) is 18.9. The minimum Gasteiger partial charge on any atom is -0.356 e. The molecule has 0 aliphatic carbocycles. The summed E-state index contributed by atoms with van der Waals surface area (Å²) >= 11 is 0. The predicted molar refractivity (Wildman–Crippen MR) is 92.9 cm³/mol. The second kappa shape index (κ2) is 5.68. The summed E-state index contributed by atoms with van der Waals surface area (Å²) in [6.45, 7) is 2.23. The van der Waals surface area contributed by atoms with Gasteiger partial charge in [-0.15, -0.1) is 0 Å². The second-order valence-electron chi connectivity index (χ2n) is 5.76. The predicted octanol–water partition coefficient (Wildman–Crippen LogP) is 4.58. The summed E-state index contributed by atoms with van der Waals surface area (Å²) in [6.07, 6.45) is 4.44. The zero-order valence-corrected chi connectivity index (χ0v) is 12.5. The molecule has 0 unspecified atom stereocenters. The molecule has 1 N–H and O–H groups in total. The number of hydrogen-bond donors (Lipinski definition) is 1. The standard InChI is InChI=1S/C19H19N3/c1-2-6-16(7-3-1)21-17-9-8-15-10-11-20-19(18(15)14-17)22-12-4-5-13-22/h1-3,6-11,14,21H,4-5,12-13H2. The molecule has 1 saturated heterocycles. The van der Waals surface area contributed by atoms with E-state index in [9.17, 15) is 0 Å². The Morgan fingerprint density at radius 3 is 2.50 bits per heavy atom. The molecule has 4 rings (SSSR count). The molecular weight excluding hydrogens is 270 g/mol. The van der Waals surface area contributed by atoms with E-state index >= 15 is 0 Å². The molecule has 0 bridgehead atoms. The quantitative estimate of drug-likeness (QED) is 0.765. The highest BCUT2D eigenvalue weighted by molar-refractivity contribution is 5.95. The molecule has 1 fully saturated rings. The van der Waals surface area contributed by atoms with Crippen LogP contribution in [0.25, 0.3) is 10.8 Å². The van der Waals surface area contributed by atoms with Gasteiger partial charge in [0.05, 0.1) is 0 Å². The van der Waals surface area contributed by atoms with Crippen molar-refractivity contribution in [2.45, 2.75) is 12.8 Å². The van der Waals surface area contributed by atoms with Gasteiger partial charge in [0.15, 0.2) is 0 Å². The van der Waals surface area contributed by atoms with Crippen LogP contribution in [0, 0.1) is 0 Å². The Kier molecular flexibility index (Phi) is 3.39. The average Bonchev–Trinajstić information content (AvgIpc) is 3.09. The van der Waals surface area contributed by atoms with Crippen LogP contribution in [0.5, 0.6) is 0 Å². The Balaban J connectivity index is 1.74. The molecule has 0 saturated carbocycles. The molecule has 0 spiro atoms. The molecule has 1 aliphatic rings. The van der Waals surface area contributed by atoms with Crippen LogP contribution in [0.4, 0.5) is 17.2 Å². The molecule has 110 valence electrons. The summed E-state index contributed by atoms with van der Waals surface area (Å²) in [5, 5.41) is 5.94. The van der Waals surface area contributed by atoms with Crippen molar-refractivity contribution in [2.24, 2.45) is 0 Å². The van der Waals surface area contributed by atoms with Gasteiger partial charge in [-0.3, -0.25) is 0 Å². The van der Waals surface area contributed by atoms with Gasteiger partial charge in [-0.05, 0) is 48.6 Å². The lowest BCUT2D eigenvalue weighted by Gasteiger charge is -2.19. The normalized spacial score (nSPS) is 14.5. The van der Waals surface area contributed by atoms with Crippen molar-refractivity contribution in [3.63, 3.8) is 0 Å². The van der Waals surface area contributed by atoms with Gasteiger partial charge < -0.3 is 10.2 Å². The van der Waals surface area contributed by atoms with Crippen molar-refractivity contribution in [3.05, 3.63) is 60.8 Å². The fourth-order valence-electron chi connectivity index (χ4n) is 3.10. The number of hydrogen-bond acceptors (Lipinski definition) is 3. The second-order valence-corrected chi connectivity index (χ2v) is 5.76. The smallest absolute Gasteiger partial charge is 0.136 e. The van der Waals surface area contributed by atoms with E-state index < -0.39 is 0 Å². The van der Waals surface area contributed by atoms with E-state index in [0.717, 1.165) is 30.3 Å². The van der Waals surface area contributed by atoms with E-state index in [0.29, 0.717) is 0 Å². The van der Waals surface area contributed by atoms with Gasteiger partial charge >= 0.3 is 0 Å². The highest BCUT2D eigenvalue weighted by Gasteiger charge is 2.16. The maximum atomic E-state index is 4.64. The van der Waals surface area contributed by atoms with Crippen molar-refractivity contribution in [3.8, 4) is 0 Å². The Labute approximate surface area is 130 Å². The molecular formula is C19H19N3. The Hall–Kier alpha value is -2.55. The molecule has 22 heavy (non-hydrogen) atoms. The Bertz CT molecular complexity index is 777. The highest BCUT2D eigenvalue weighted by atomic mass is 15.2. The summed E-state index contributed by atoms with van der Waals surface area (Å²) in [7, 11) is 0. The van der Waals surface area contributed by atoms with Crippen LogP contribution in [0.1, 0.15) is 12.8 Å². The van der Waals surface area contributed by atoms with Crippen molar-refractivity contribution < 1.29 is 0 Å². The topological polar surface area (TPSA) is 28.2 Å². The summed E-state index contributed by atoms with van der Waals surface area (Å²) in [4.78, 5) is 7.03. The highest BCUT2D eigenvalue weighted by Crippen LogP contribution is 2.30. The molecule has 0 amide bonds. The van der Waals surface area contributed by atoms with E-state index in [2.05, 4.69) is 51.6 Å². The molecule has 1 aromatic heterocycles. The number of nitrogens with one attached hydrogen (secondary N) is 1. The maximum absolute atomic E-state index is 4.64. The van der Waals surface area contributed by atoms with E-state index in [1.54, 1.807) is 0 Å². The first-order valence-corrected chi connectivity index (χ1v) is 7.86. The third-order valence-electron chi connectivity index (χ3n) is 4.21. The molecule has 2 heterocycles. The number of anilines is 3. The van der Waals surface area contributed by atoms with Crippen LogP contribution in [0.15, 0.2) is 60.8 Å². The number of benzene rings is 2. The fraction of sp³-hybridized carbons (Fsp3) is 0.211. The molecule has 3 heteroatoms. The number of para-hydroxylation sites is 1. The lowest BCUT2D eigenvalue weighted by Crippen LogP contribution is -2.19. The van der Waals surface area contributed by atoms with Gasteiger partial charge in [0.25, 0.3) is 0 Å². The van der Waals surface area contributed by atoms with Gasteiger partial charge in [-0.2, -0.15) is 0 Å². The van der Waals surface area contributed by atoms with Gasteiger partial charge in [-0.1, -0.05) is 24.3 Å². The minimum absolute atomic E-state index is 1.10. The van der Waals surface area contributed by atoms with Crippen molar-refractivity contribution >= 4 is 28.0 Å². The SMILES string of the molecule is c1ccc(Nc2ccc3ccnc(N4CCCC4)c3c2)cc1. The molecule has 0 radical (unpaired) electrons. The van der Waals surface area contributed by atoms with Gasteiger partial charge in [0, 0.05) is 36.0 Å². The van der Waals surface area contributed by atoms with Crippen molar-refractivity contribution in [1.29, 1.82) is 0 Å². The molecule has 0 atom stereocenters. The monoisotopic (exact) mass is 289 g/mol. The number of nitrogens with zero attached hydrogens (tertiary/aromatic N) is 2. The zero-order chi connectivity index (χ0) is 14.8. The van der Waals surface area contributed by atoms with Crippen LogP contribution in [-0.4, -0.2) is 18.1 Å². The van der Waals surface area contributed by atoms with E-state index in [1.165, 1.54) is 23.6 Å². The largest absolute Gasteiger partial charge is 0.356 e. The van der Waals surface area contributed by atoms with Crippen LogP contribution in [-0.2, 0) is 0 Å². The van der Waals surface area contributed by atoms with E-state index in [4.69, 9.17) is 0 Å². The number of pyridine rings is 1. The average molecular weight is 289 g/mol. The first-order valence-electron chi connectivity index (χ1n) is 7.86. The van der Waals surface area contributed by atoms with E-state index in [-0.39, 0.29) is 0 Å². The summed E-state index contributed by atoms with van der Waals surface area (Å²) < 4.78 is 0. The number of aromatic nitrogens is 1.